The maximum absolute atomic E-state index is 11.2. The van der Waals surface area contributed by atoms with E-state index >= 15 is 0 Å². The summed E-state index contributed by atoms with van der Waals surface area (Å²) in [6.45, 7) is 9.20. The molecule has 0 saturated carbocycles. The van der Waals surface area contributed by atoms with Crippen LogP contribution in [0, 0.1) is 5.92 Å². The van der Waals surface area contributed by atoms with Crippen LogP contribution in [0.2, 0.25) is 0 Å². The number of amides is 2. The Kier molecular flexibility index (Phi) is 5.44. The average Bonchev–Trinajstić information content (AvgIpc) is 2.09. The van der Waals surface area contributed by atoms with E-state index in [1.807, 2.05) is 0 Å². The van der Waals surface area contributed by atoms with E-state index in [9.17, 15) is 9.59 Å². The van der Waals surface area contributed by atoms with E-state index in [1.165, 1.54) is 0 Å². The van der Waals surface area contributed by atoms with E-state index in [2.05, 4.69) is 17.2 Å². The lowest BCUT2D eigenvalue weighted by atomic mass is 10.1. The minimum Gasteiger partial charge on any atom is -0.480 e. The Balaban J connectivity index is 4.12. The maximum Gasteiger partial charge on any atom is 0.326 e. The van der Waals surface area contributed by atoms with Crippen molar-refractivity contribution in [1.82, 2.24) is 10.6 Å². The van der Waals surface area contributed by atoms with Crippen LogP contribution >= 0.6 is 0 Å². The Labute approximate surface area is 89.6 Å². The Morgan fingerprint density at radius 1 is 1.40 bits per heavy atom. The lowest BCUT2D eigenvalue weighted by Crippen LogP contribution is -2.48. The third kappa shape index (κ3) is 5.72. The first kappa shape index (κ1) is 13.5. The molecule has 0 aliphatic carbocycles. The summed E-state index contributed by atoms with van der Waals surface area (Å²) in [5.74, 6) is -1.19. The van der Waals surface area contributed by atoms with Crippen LogP contribution in [0.1, 0.15) is 20.8 Å². The standard InChI is InChI=1S/C10H18N2O3/c1-6(2)5-11-10(15)12-8(7(3)4)9(13)14/h7-8H,1,5H2,2-4H3,(H,13,14)(H2,11,12,15). The quantitative estimate of drug-likeness (QED) is 0.597. The Bertz CT molecular complexity index is 261. The van der Waals surface area contributed by atoms with Crippen LogP contribution in [0.4, 0.5) is 4.79 Å². The zero-order chi connectivity index (χ0) is 12.0. The molecule has 0 heterocycles. The van der Waals surface area contributed by atoms with Gasteiger partial charge in [0, 0.05) is 6.54 Å². The first-order chi connectivity index (χ1) is 6.84. The zero-order valence-corrected chi connectivity index (χ0v) is 9.33. The summed E-state index contributed by atoms with van der Waals surface area (Å²) >= 11 is 0. The second-order valence-corrected chi connectivity index (χ2v) is 3.84. The van der Waals surface area contributed by atoms with Crippen LogP contribution in [-0.2, 0) is 4.79 Å². The van der Waals surface area contributed by atoms with Gasteiger partial charge in [0.25, 0.3) is 0 Å². The van der Waals surface area contributed by atoms with Crippen LogP contribution in [0.15, 0.2) is 12.2 Å². The molecular weight excluding hydrogens is 196 g/mol. The van der Waals surface area contributed by atoms with Gasteiger partial charge in [-0.2, -0.15) is 0 Å². The molecule has 0 aromatic carbocycles. The van der Waals surface area contributed by atoms with Crippen molar-refractivity contribution in [2.24, 2.45) is 5.92 Å². The highest BCUT2D eigenvalue weighted by Crippen LogP contribution is 2.01. The molecule has 0 aliphatic rings. The number of carboxylic acids is 1. The van der Waals surface area contributed by atoms with Gasteiger partial charge in [-0.1, -0.05) is 26.0 Å². The molecule has 0 radical (unpaired) electrons. The topological polar surface area (TPSA) is 78.4 Å². The molecule has 3 N–H and O–H groups in total. The molecule has 1 atom stereocenters. The molecule has 2 amide bonds. The number of hydrogen-bond acceptors (Lipinski definition) is 2. The Morgan fingerprint density at radius 3 is 2.27 bits per heavy atom. The van der Waals surface area contributed by atoms with Gasteiger partial charge in [0.2, 0.25) is 0 Å². The van der Waals surface area contributed by atoms with E-state index in [1.54, 1.807) is 20.8 Å². The molecule has 5 nitrogen and oxygen atoms in total. The lowest BCUT2D eigenvalue weighted by Gasteiger charge is -2.18. The van der Waals surface area contributed by atoms with Gasteiger partial charge in [0.05, 0.1) is 0 Å². The Morgan fingerprint density at radius 2 is 1.93 bits per heavy atom. The molecule has 0 saturated heterocycles. The van der Waals surface area contributed by atoms with E-state index in [0.717, 1.165) is 5.57 Å². The molecule has 0 spiro atoms. The summed E-state index contributed by atoms with van der Waals surface area (Å²) < 4.78 is 0. The minimum atomic E-state index is -1.03. The first-order valence-electron chi connectivity index (χ1n) is 4.76. The summed E-state index contributed by atoms with van der Waals surface area (Å²) in [5, 5.41) is 13.7. The second-order valence-electron chi connectivity index (χ2n) is 3.84. The van der Waals surface area contributed by atoms with Crippen LogP contribution < -0.4 is 10.6 Å². The van der Waals surface area contributed by atoms with E-state index < -0.39 is 18.0 Å². The van der Waals surface area contributed by atoms with Crippen LogP contribution in [-0.4, -0.2) is 29.7 Å². The highest BCUT2D eigenvalue weighted by molar-refractivity contribution is 5.82. The number of hydrogen-bond donors (Lipinski definition) is 3. The average molecular weight is 214 g/mol. The summed E-state index contributed by atoms with van der Waals surface area (Å²) in [7, 11) is 0. The Hall–Kier alpha value is -1.52. The van der Waals surface area contributed by atoms with Gasteiger partial charge < -0.3 is 15.7 Å². The van der Waals surface area contributed by atoms with Crippen LogP contribution in [0.25, 0.3) is 0 Å². The molecule has 0 bridgehead atoms. The van der Waals surface area contributed by atoms with Crippen molar-refractivity contribution in [2.45, 2.75) is 26.8 Å². The van der Waals surface area contributed by atoms with Crippen LogP contribution in [0.3, 0.4) is 0 Å². The fourth-order valence-electron chi connectivity index (χ4n) is 0.937. The SMILES string of the molecule is C=C(C)CNC(=O)NC(C(=O)O)C(C)C. The van der Waals surface area contributed by atoms with Crippen molar-refractivity contribution < 1.29 is 14.7 Å². The monoisotopic (exact) mass is 214 g/mol. The molecule has 15 heavy (non-hydrogen) atoms. The number of rotatable bonds is 5. The predicted octanol–water partition coefficient (Wildman–Crippen LogP) is 0.971. The molecule has 86 valence electrons. The number of carboxylic acid groups (broad SMARTS) is 1. The second kappa shape index (κ2) is 6.06. The molecule has 0 fully saturated rings. The van der Waals surface area contributed by atoms with Crippen molar-refractivity contribution in [3.8, 4) is 0 Å². The van der Waals surface area contributed by atoms with Gasteiger partial charge >= 0.3 is 12.0 Å². The van der Waals surface area contributed by atoms with E-state index in [4.69, 9.17) is 5.11 Å². The van der Waals surface area contributed by atoms with Gasteiger partial charge in [-0.05, 0) is 12.8 Å². The molecule has 0 aliphatic heterocycles. The molecular formula is C10H18N2O3. The first-order valence-corrected chi connectivity index (χ1v) is 4.76. The normalized spacial score (nSPS) is 12.0. The highest BCUT2D eigenvalue weighted by Gasteiger charge is 2.22. The van der Waals surface area contributed by atoms with Crippen LogP contribution in [0.5, 0.6) is 0 Å². The third-order valence-corrected chi connectivity index (χ3v) is 1.77. The maximum atomic E-state index is 11.2. The van der Waals surface area contributed by atoms with Crippen molar-refractivity contribution in [1.29, 1.82) is 0 Å². The lowest BCUT2D eigenvalue weighted by molar-refractivity contribution is -0.140. The molecule has 0 aromatic rings. The molecule has 5 heteroatoms. The fraction of sp³-hybridized carbons (Fsp3) is 0.600. The summed E-state index contributed by atoms with van der Waals surface area (Å²) in [5.41, 5.74) is 0.807. The minimum absolute atomic E-state index is 0.155. The van der Waals surface area contributed by atoms with Gasteiger partial charge in [0.15, 0.2) is 0 Å². The molecule has 0 aromatic heterocycles. The fourth-order valence-corrected chi connectivity index (χ4v) is 0.937. The highest BCUT2D eigenvalue weighted by atomic mass is 16.4. The third-order valence-electron chi connectivity index (χ3n) is 1.77. The summed E-state index contributed by atoms with van der Waals surface area (Å²) in [6, 6.07) is -1.35. The smallest absolute Gasteiger partial charge is 0.326 e. The van der Waals surface area contributed by atoms with Crippen molar-refractivity contribution in [3.63, 3.8) is 0 Å². The summed E-state index contributed by atoms with van der Waals surface area (Å²) in [4.78, 5) is 22.0. The number of aliphatic carboxylic acids is 1. The number of carbonyl (C=O) groups is 2. The molecule has 0 rings (SSSR count). The predicted molar refractivity (Wildman–Crippen MR) is 57.6 cm³/mol. The number of nitrogens with one attached hydrogen (secondary N) is 2. The van der Waals surface area contributed by atoms with E-state index in [-0.39, 0.29) is 5.92 Å². The largest absolute Gasteiger partial charge is 0.480 e. The van der Waals surface area contributed by atoms with Gasteiger partial charge in [0.1, 0.15) is 6.04 Å². The van der Waals surface area contributed by atoms with Crippen molar-refractivity contribution >= 4 is 12.0 Å². The van der Waals surface area contributed by atoms with Crippen molar-refractivity contribution in [3.05, 3.63) is 12.2 Å². The molecule has 1 unspecified atom stereocenters. The van der Waals surface area contributed by atoms with Gasteiger partial charge in [-0.15, -0.1) is 0 Å². The number of carbonyl (C=O) groups excluding carboxylic acids is 1. The summed E-state index contributed by atoms with van der Waals surface area (Å²) in [6.07, 6.45) is 0. The van der Waals surface area contributed by atoms with E-state index in [0.29, 0.717) is 6.54 Å². The van der Waals surface area contributed by atoms with Gasteiger partial charge in [-0.3, -0.25) is 0 Å². The van der Waals surface area contributed by atoms with Crippen molar-refractivity contribution in [2.75, 3.05) is 6.54 Å². The van der Waals surface area contributed by atoms with Gasteiger partial charge in [-0.25, -0.2) is 9.59 Å². The number of urea groups is 1. The zero-order valence-electron chi connectivity index (χ0n) is 9.33.